The van der Waals surface area contributed by atoms with Gasteiger partial charge in [0.15, 0.2) is 0 Å². The number of carbonyl (C=O) groups is 1. The predicted molar refractivity (Wildman–Crippen MR) is 77.5 cm³/mol. The lowest BCUT2D eigenvalue weighted by atomic mass is 9.90. The number of halogens is 3. The van der Waals surface area contributed by atoms with Crippen molar-refractivity contribution in [1.82, 2.24) is 10.2 Å². The van der Waals surface area contributed by atoms with Gasteiger partial charge in [-0.2, -0.15) is 13.2 Å². The molecule has 1 amide bonds. The van der Waals surface area contributed by atoms with Crippen LogP contribution < -0.4 is 5.32 Å². The summed E-state index contributed by atoms with van der Waals surface area (Å²) < 4.78 is 40.6. The number of aryl methyl sites for hydroxylation is 1. The fourth-order valence-corrected chi connectivity index (χ4v) is 3.55. The second-order valence-corrected chi connectivity index (χ2v) is 6.43. The molecule has 3 atom stereocenters. The van der Waals surface area contributed by atoms with Gasteiger partial charge in [-0.1, -0.05) is 29.8 Å². The maximum absolute atomic E-state index is 13.5. The molecule has 1 aliphatic carbocycles. The highest BCUT2D eigenvalue weighted by Crippen LogP contribution is 2.48. The van der Waals surface area contributed by atoms with Crippen molar-refractivity contribution in [2.45, 2.75) is 24.7 Å². The maximum Gasteiger partial charge on any atom is 0.430 e. The summed E-state index contributed by atoms with van der Waals surface area (Å²) in [6.45, 7) is 2.22. The number of nitrogens with one attached hydrogen (secondary N) is 1. The van der Waals surface area contributed by atoms with Gasteiger partial charge in [0.2, 0.25) is 0 Å². The third-order valence-electron chi connectivity index (χ3n) is 5.00. The monoisotopic (exact) mass is 328 g/mol. The largest absolute Gasteiger partial charge is 0.430 e. The number of piperidine rings is 1. The summed E-state index contributed by atoms with van der Waals surface area (Å²) in [4.78, 5) is 13.6. The second-order valence-electron chi connectivity index (χ2n) is 6.43. The summed E-state index contributed by atoms with van der Waals surface area (Å²) in [5, 5.41) is 13.4. The van der Waals surface area contributed by atoms with Crippen LogP contribution in [0.2, 0.25) is 0 Å². The first-order valence-electron chi connectivity index (χ1n) is 7.53. The van der Waals surface area contributed by atoms with E-state index in [9.17, 15) is 23.1 Å². The lowest BCUT2D eigenvalue weighted by molar-refractivity contribution is -0.261. The average molecular weight is 328 g/mol. The van der Waals surface area contributed by atoms with E-state index in [0.29, 0.717) is 0 Å². The van der Waals surface area contributed by atoms with Crippen molar-refractivity contribution < 1.29 is 23.1 Å². The molecule has 3 unspecified atom stereocenters. The Hall–Kier alpha value is -1.60. The summed E-state index contributed by atoms with van der Waals surface area (Å²) in [5.41, 5.74) is -3.18. The van der Waals surface area contributed by atoms with Crippen LogP contribution in [0.25, 0.3) is 0 Å². The van der Waals surface area contributed by atoms with Gasteiger partial charge < -0.3 is 15.3 Å². The Bertz CT molecular complexity index is 605. The van der Waals surface area contributed by atoms with Crippen molar-refractivity contribution in [2.75, 3.05) is 20.1 Å². The highest BCUT2D eigenvalue weighted by Gasteiger charge is 2.65. The highest BCUT2D eigenvalue weighted by atomic mass is 19.4. The molecule has 2 fully saturated rings. The minimum Gasteiger partial charge on any atom is -0.369 e. The summed E-state index contributed by atoms with van der Waals surface area (Å²) in [5.74, 6) is -0.921. The minimum atomic E-state index is -5.07. The molecule has 1 aromatic carbocycles. The molecule has 0 aromatic heterocycles. The van der Waals surface area contributed by atoms with Crippen LogP contribution in [0.15, 0.2) is 24.3 Å². The van der Waals surface area contributed by atoms with Gasteiger partial charge in [-0.15, -0.1) is 0 Å². The number of aliphatic hydroxyl groups is 1. The number of hydrogen-bond donors (Lipinski definition) is 2. The van der Waals surface area contributed by atoms with Gasteiger partial charge in [0.05, 0.1) is 0 Å². The summed E-state index contributed by atoms with van der Waals surface area (Å²) >= 11 is 0. The first-order valence-corrected chi connectivity index (χ1v) is 7.53. The van der Waals surface area contributed by atoms with Gasteiger partial charge in [0.1, 0.15) is 0 Å². The quantitative estimate of drug-likeness (QED) is 0.882. The normalized spacial score (nSPS) is 29.1. The standard InChI is InChI=1S/C16H19F3N2O2/c1-9-3-5-10(6-4-9)15(23,16(17,18)19)14(22)21-7-11-12(8-21)13(11)20-2/h3-6,11-13,20,23H,7-8H2,1-2H3. The molecule has 23 heavy (non-hydrogen) atoms. The first-order chi connectivity index (χ1) is 10.7. The van der Waals surface area contributed by atoms with Gasteiger partial charge in [-0.3, -0.25) is 4.79 Å². The van der Waals surface area contributed by atoms with E-state index in [1.807, 2.05) is 0 Å². The molecule has 1 heterocycles. The number of hydrogen-bond acceptors (Lipinski definition) is 3. The third kappa shape index (κ3) is 2.42. The average Bonchev–Trinajstić information content (AvgIpc) is 2.96. The van der Waals surface area contributed by atoms with Crippen LogP contribution >= 0.6 is 0 Å². The van der Waals surface area contributed by atoms with Crippen molar-refractivity contribution in [3.8, 4) is 0 Å². The van der Waals surface area contributed by atoms with E-state index in [1.54, 1.807) is 14.0 Å². The topological polar surface area (TPSA) is 52.6 Å². The van der Waals surface area contributed by atoms with Crippen LogP contribution in [0.1, 0.15) is 11.1 Å². The number of nitrogens with zero attached hydrogens (tertiary/aromatic N) is 1. The van der Waals surface area contributed by atoms with Crippen LogP contribution in [-0.2, 0) is 10.4 Å². The third-order valence-corrected chi connectivity index (χ3v) is 5.00. The Balaban J connectivity index is 1.88. The smallest absolute Gasteiger partial charge is 0.369 e. The molecule has 126 valence electrons. The zero-order valence-corrected chi connectivity index (χ0v) is 12.9. The zero-order valence-electron chi connectivity index (χ0n) is 12.9. The number of carbonyl (C=O) groups excluding carboxylic acids is 1. The van der Waals surface area contributed by atoms with Gasteiger partial charge in [-0.05, 0) is 25.8 Å². The molecule has 1 saturated carbocycles. The van der Waals surface area contributed by atoms with Crippen molar-refractivity contribution in [1.29, 1.82) is 0 Å². The Morgan fingerprint density at radius 1 is 1.22 bits per heavy atom. The maximum atomic E-state index is 13.5. The number of alkyl halides is 3. The molecule has 0 radical (unpaired) electrons. The Morgan fingerprint density at radius 3 is 2.17 bits per heavy atom. The number of amides is 1. The lowest BCUT2D eigenvalue weighted by Gasteiger charge is -2.34. The molecular formula is C16H19F3N2O2. The lowest BCUT2D eigenvalue weighted by Crippen LogP contribution is -2.56. The van der Waals surface area contributed by atoms with E-state index in [1.165, 1.54) is 12.1 Å². The van der Waals surface area contributed by atoms with Crippen LogP contribution in [0.5, 0.6) is 0 Å². The van der Waals surface area contributed by atoms with E-state index < -0.39 is 23.2 Å². The number of fused-ring (bicyclic) bond motifs is 1. The Kier molecular flexibility index (Phi) is 3.68. The molecular weight excluding hydrogens is 309 g/mol. The van der Waals surface area contributed by atoms with Crippen LogP contribution in [0.4, 0.5) is 13.2 Å². The fraction of sp³-hybridized carbons (Fsp3) is 0.562. The molecule has 1 aromatic rings. The van der Waals surface area contributed by atoms with Crippen molar-refractivity contribution >= 4 is 5.91 Å². The van der Waals surface area contributed by atoms with Gasteiger partial charge >= 0.3 is 6.18 Å². The van der Waals surface area contributed by atoms with E-state index >= 15 is 0 Å². The Morgan fingerprint density at radius 2 is 1.74 bits per heavy atom. The molecule has 2 N–H and O–H groups in total. The number of likely N-dealkylation sites (tertiary alicyclic amines) is 1. The molecule has 0 bridgehead atoms. The van der Waals surface area contributed by atoms with Crippen LogP contribution in [-0.4, -0.2) is 48.3 Å². The van der Waals surface area contributed by atoms with Crippen LogP contribution in [0, 0.1) is 18.8 Å². The second kappa shape index (κ2) is 5.21. The molecule has 7 heteroatoms. The van der Waals surface area contributed by atoms with Gasteiger partial charge in [0.25, 0.3) is 11.5 Å². The molecule has 1 saturated heterocycles. The van der Waals surface area contributed by atoms with Crippen LogP contribution in [0.3, 0.4) is 0 Å². The fourth-order valence-electron chi connectivity index (χ4n) is 3.55. The molecule has 2 aliphatic rings. The summed E-state index contributed by atoms with van der Waals surface area (Å²) in [6, 6.07) is 5.50. The van der Waals surface area contributed by atoms with E-state index in [-0.39, 0.29) is 31.0 Å². The van der Waals surface area contributed by atoms with Crippen molar-refractivity contribution in [3.05, 3.63) is 35.4 Å². The SMILES string of the molecule is CNC1C2CN(C(=O)C(O)(c3ccc(C)cc3)C(F)(F)F)CC21. The van der Waals surface area contributed by atoms with E-state index in [0.717, 1.165) is 22.6 Å². The summed E-state index contributed by atoms with van der Waals surface area (Å²) in [6.07, 6.45) is -5.07. The van der Waals surface area contributed by atoms with Crippen molar-refractivity contribution in [3.63, 3.8) is 0 Å². The predicted octanol–water partition coefficient (Wildman–Crippen LogP) is 1.42. The number of benzene rings is 1. The highest BCUT2D eigenvalue weighted by molar-refractivity contribution is 5.88. The van der Waals surface area contributed by atoms with Gasteiger partial charge in [-0.25, -0.2) is 0 Å². The van der Waals surface area contributed by atoms with Crippen molar-refractivity contribution in [2.24, 2.45) is 11.8 Å². The van der Waals surface area contributed by atoms with E-state index in [4.69, 9.17) is 0 Å². The van der Waals surface area contributed by atoms with Gasteiger partial charge in [0, 0.05) is 24.7 Å². The molecule has 0 spiro atoms. The minimum absolute atomic E-state index is 0.180. The molecule has 3 rings (SSSR count). The molecule has 4 nitrogen and oxygen atoms in total. The summed E-state index contributed by atoms with van der Waals surface area (Å²) in [7, 11) is 1.80. The number of rotatable bonds is 3. The Labute approximate surface area is 132 Å². The first kappa shape index (κ1) is 16.3. The molecule has 1 aliphatic heterocycles. The zero-order chi connectivity index (χ0) is 17.0. The van der Waals surface area contributed by atoms with E-state index in [2.05, 4.69) is 5.32 Å².